The minimum Gasteiger partial charge on any atom is -0.352 e. The van der Waals surface area contributed by atoms with Gasteiger partial charge < -0.3 is 5.32 Å². The highest BCUT2D eigenvalue weighted by molar-refractivity contribution is 8.02. The number of hydrogen-bond donors (Lipinski definition) is 1. The number of carbonyl (C=O) groups excluding carboxylic acids is 3. The smallest absolute Gasteiger partial charge is 0.269 e. The molecule has 2 aliphatic heterocycles. The van der Waals surface area contributed by atoms with Gasteiger partial charge >= 0.3 is 0 Å². The molecule has 1 N–H and O–H groups in total. The summed E-state index contributed by atoms with van der Waals surface area (Å²) in [5.74, 6) is -1.04. The number of anilines is 2. The van der Waals surface area contributed by atoms with E-state index in [4.69, 9.17) is 0 Å². The summed E-state index contributed by atoms with van der Waals surface area (Å²) in [5.41, 5.74) is 1.76. The fourth-order valence-corrected chi connectivity index (χ4v) is 6.15. The molecule has 1 aliphatic carbocycles. The van der Waals surface area contributed by atoms with Gasteiger partial charge in [0.2, 0.25) is 16.7 Å². The van der Waals surface area contributed by atoms with E-state index in [-0.39, 0.29) is 36.1 Å². The Morgan fingerprint density at radius 1 is 1.10 bits per heavy atom. The molecule has 5 rings (SSSR count). The molecule has 1 saturated heterocycles. The normalized spacial score (nSPS) is 23.1. The van der Waals surface area contributed by atoms with E-state index >= 15 is 0 Å². The van der Waals surface area contributed by atoms with Crippen molar-refractivity contribution in [1.29, 1.82) is 0 Å². The Bertz CT molecular complexity index is 1050. The molecule has 2 aromatic rings. The molecule has 31 heavy (non-hydrogen) atoms. The number of rotatable bonds is 4. The monoisotopic (exact) mass is 439 g/mol. The van der Waals surface area contributed by atoms with Gasteiger partial charge in [0.25, 0.3) is 5.91 Å². The standard InChI is InChI=1S/C23H22FN3O3S/c24-15-9-11-17(12-10-15)27-21(29)14-31-23(27)18-7-3-4-8-19(18)26(22(23)30)13-20(28)25-16-5-1-2-6-16/h3-4,7-12,16H,1-2,5-6,13-14H2,(H,25,28)/t23-/m0/s1. The quantitative estimate of drug-likeness (QED) is 0.795. The lowest BCUT2D eigenvalue weighted by Crippen LogP contribution is -2.51. The Hall–Kier alpha value is -2.87. The lowest BCUT2D eigenvalue weighted by Gasteiger charge is -2.33. The van der Waals surface area contributed by atoms with Crippen LogP contribution in [0, 0.1) is 5.82 Å². The fourth-order valence-electron chi connectivity index (χ4n) is 4.79. The number of hydrogen-bond acceptors (Lipinski definition) is 4. The van der Waals surface area contributed by atoms with Gasteiger partial charge in [-0.2, -0.15) is 0 Å². The molecule has 0 unspecified atom stereocenters. The second kappa shape index (κ2) is 7.67. The molecule has 160 valence electrons. The van der Waals surface area contributed by atoms with Crippen LogP contribution in [0.15, 0.2) is 48.5 Å². The predicted octanol–water partition coefficient (Wildman–Crippen LogP) is 3.16. The molecule has 2 fully saturated rings. The van der Waals surface area contributed by atoms with Gasteiger partial charge in [-0.25, -0.2) is 4.39 Å². The number of nitrogens with zero attached hydrogens (tertiary/aromatic N) is 2. The maximum Gasteiger partial charge on any atom is 0.269 e. The van der Waals surface area contributed by atoms with E-state index in [9.17, 15) is 18.8 Å². The molecule has 2 heterocycles. The Balaban J connectivity index is 1.51. The molecular formula is C23H22FN3O3S. The molecule has 0 aromatic heterocycles. The zero-order chi connectivity index (χ0) is 21.6. The summed E-state index contributed by atoms with van der Waals surface area (Å²) in [6.07, 6.45) is 4.13. The summed E-state index contributed by atoms with van der Waals surface area (Å²) >= 11 is 1.24. The summed E-state index contributed by atoms with van der Waals surface area (Å²) in [6.45, 7) is -0.0971. The van der Waals surface area contributed by atoms with Gasteiger partial charge in [-0.1, -0.05) is 31.0 Å². The number of carbonyl (C=O) groups is 3. The summed E-state index contributed by atoms with van der Waals surface area (Å²) in [5, 5.41) is 3.03. The molecule has 1 atom stereocenters. The van der Waals surface area contributed by atoms with Crippen molar-refractivity contribution >= 4 is 40.9 Å². The van der Waals surface area contributed by atoms with Gasteiger partial charge in [0.1, 0.15) is 12.4 Å². The van der Waals surface area contributed by atoms with Crippen molar-refractivity contribution in [1.82, 2.24) is 5.32 Å². The molecule has 3 amide bonds. The first kappa shape index (κ1) is 20.1. The molecule has 0 radical (unpaired) electrons. The van der Waals surface area contributed by atoms with Crippen LogP contribution in [0.5, 0.6) is 0 Å². The first-order valence-electron chi connectivity index (χ1n) is 10.4. The lowest BCUT2D eigenvalue weighted by atomic mass is 10.0. The second-order valence-corrected chi connectivity index (χ2v) is 9.26. The van der Waals surface area contributed by atoms with Crippen molar-refractivity contribution in [2.75, 3.05) is 22.1 Å². The van der Waals surface area contributed by atoms with Gasteiger partial charge in [-0.05, 0) is 43.2 Å². The van der Waals surface area contributed by atoms with Gasteiger partial charge in [0.05, 0.1) is 11.4 Å². The average Bonchev–Trinajstić information content (AvgIpc) is 3.45. The summed E-state index contributed by atoms with van der Waals surface area (Å²) in [4.78, 5) is 41.1. The SMILES string of the molecule is O=C(CN1C(=O)[C@@]2(SCC(=O)N2c2ccc(F)cc2)c2ccccc21)NC1CCCC1. The number of nitrogens with one attached hydrogen (secondary N) is 1. The van der Waals surface area contributed by atoms with Crippen molar-refractivity contribution in [3.8, 4) is 0 Å². The van der Waals surface area contributed by atoms with Crippen LogP contribution in [0.1, 0.15) is 31.2 Å². The number of fused-ring (bicyclic) bond motifs is 2. The average molecular weight is 440 g/mol. The highest BCUT2D eigenvalue weighted by Crippen LogP contribution is 2.55. The zero-order valence-corrected chi connectivity index (χ0v) is 17.7. The second-order valence-electron chi connectivity index (χ2n) is 8.10. The highest BCUT2D eigenvalue weighted by Gasteiger charge is 2.61. The van der Waals surface area contributed by atoms with E-state index in [1.165, 1.54) is 45.8 Å². The van der Waals surface area contributed by atoms with E-state index < -0.39 is 10.7 Å². The molecular weight excluding hydrogens is 417 g/mol. The minimum absolute atomic E-state index is 0.0971. The number of benzene rings is 2. The van der Waals surface area contributed by atoms with E-state index in [1.807, 2.05) is 18.2 Å². The molecule has 8 heteroatoms. The van der Waals surface area contributed by atoms with Crippen LogP contribution in [0.25, 0.3) is 0 Å². The fraction of sp³-hybridized carbons (Fsp3) is 0.348. The Morgan fingerprint density at radius 2 is 1.81 bits per heavy atom. The zero-order valence-electron chi connectivity index (χ0n) is 16.8. The van der Waals surface area contributed by atoms with Crippen LogP contribution in [0.4, 0.5) is 15.8 Å². The number of halogens is 1. The van der Waals surface area contributed by atoms with Crippen LogP contribution in [0.3, 0.4) is 0 Å². The van der Waals surface area contributed by atoms with Crippen LogP contribution in [-0.2, 0) is 19.3 Å². The molecule has 1 saturated carbocycles. The Labute approximate surface area is 183 Å². The summed E-state index contributed by atoms with van der Waals surface area (Å²) < 4.78 is 13.5. The maximum absolute atomic E-state index is 13.8. The van der Waals surface area contributed by atoms with Crippen LogP contribution in [0.2, 0.25) is 0 Å². The molecule has 1 spiro atoms. The van der Waals surface area contributed by atoms with Crippen LogP contribution in [-0.4, -0.2) is 36.1 Å². The van der Waals surface area contributed by atoms with E-state index in [1.54, 1.807) is 6.07 Å². The molecule has 6 nitrogen and oxygen atoms in total. The Morgan fingerprint density at radius 3 is 2.55 bits per heavy atom. The van der Waals surface area contributed by atoms with Crippen molar-refractivity contribution in [2.45, 2.75) is 36.6 Å². The van der Waals surface area contributed by atoms with Crippen molar-refractivity contribution in [3.63, 3.8) is 0 Å². The maximum atomic E-state index is 13.8. The highest BCUT2D eigenvalue weighted by atomic mass is 32.2. The van der Waals surface area contributed by atoms with E-state index in [2.05, 4.69) is 5.32 Å². The van der Waals surface area contributed by atoms with E-state index in [0.29, 0.717) is 16.9 Å². The summed E-state index contributed by atoms with van der Waals surface area (Å²) in [7, 11) is 0. The molecule has 2 aromatic carbocycles. The molecule has 0 bridgehead atoms. The van der Waals surface area contributed by atoms with Crippen LogP contribution >= 0.6 is 11.8 Å². The van der Waals surface area contributed by atoms with Gasteiger partial charge in [0.15, 0.2) is 0 Å². The molecule has 3 aliphatic rings. The van der Waals surface area contributed by atoms with Crippen molar-refractivity contribution < 1.29 is 18.8 Å². The third kappa shape index (κ3) is 3.20. The van der Waals surface area contributed by atoms with Crippen molar-refractivity contribution in [2.24, 2.45) is 0 Å². The third-order valence-electron chi connectivity index (χ3n) is 6.17. The van der Waals surface area contributed by atoms with Crippen molar-refractivity contribution in [3.05, 3.63) is 59.9 Å². The first-order chi connectivity index (χ1) is 15.0. The Kier molecular flexibility index (Phi) is 4.97. The number of thioether (sulfide) groups is 1. The van der Waals surface area contributed by atoms with Crippen LogP contribution < -0.4 is 15.1 Å². The predicted molar refractivity (Wildman–Crippen MR) is 117 cm³/mol. The summed E-state index contributed by atoms with van der Waals surface area (Å²) in [6, 6.07) is 13.0. The number of amides is 3. The van der Waals surface area contributed by atoms with Gasteiger partial charge in [-0.3, -0.25) is 24.2 Å². The lowest BCUT2D eigenvalue weighted by molar-refractivity contribution is -0.126. The van der Waals surface area contributed by atoms with Gasteiger partial charge in [0, 0.05) is 17.3 Å². The largest absolute Gasteiger partial charge is 0.352 e. The third-order valence-corrected chi connectivity index (χ3v) is 7.56. The van der Waals surface area contributed by atoms with Gasteiger partial charge in [-0.15, -0.1) is 11.8 Å². The topological polar surface area (TPSA) is 69.7 Å². The van der Waals surface area contributed by atoms with E-state index in [0.717, 1.165) is 25.7 Å². The number of para-hydroxylation sites is 1. The minimum atomic E-state index is -1.29. The first-order valence-corrected chi connectivity index (χ1v) is 11.4.